The maximum absolute atomic E-state index is 13.3. The van der Waals surface area contributed by atoms with Gasteiger partial charge in [-0.3, -0.25) is 14.4 Å². The van der Waals surface area contributed by atoms with Gasteiger partial charge >= 0.3 is 0 Å². The van der Waals surface area contributed by atoms with Crippen LogP contribution in [0, 0.1) is 5.92 Å². The number of carbonyl (C=O) groups is 2. The lowest BCUT2D eigenvalue weighted by atomic mass is 9.83. The number of fused-ring (bicyclic) bond motifs is 5. The molecule has 0 radical (unpaired) electrons. The van der Waals surface area contributed by atoms with Crippen molar-refractivity contribution < 1.29 is 18.0 Å². The number of benzene rings is 2. The molecular weight excluding hydrogens is 540 g/mol. The Hall–Kier alpha value is -3.21. The number of likely N-dealkylation sites (tertiary alicyclic amines) is 2. The molecule has 1 unspecified atom stereocenters. The van der Waals surface area contributed by atoms with Crippen molar-refractivity contribution in [1.29, 1.82) is 0 Å². The van der Waals surface area contributed by atoms with Crippen LogP contribution in [0.3, 0.4) is 0 Å². The first kappa shape index (κ1) is 26.0. The molecular formula is C28H29ClN4O5S. The fourth-order valence-electron chi connectivity index (χ4n) is 6.19. The van der Waals surface area contributed by atoms with Crippen LogP contribution in [-0.2, 0) is 26.2 Å². The van der Waals surface area contributed by atoms with E-state index in [1.165, 1.54) is 11.0 Å². The number of sulfonamides is 1. The molecule has 9 nitrogen and oxygen atoms in total. The second-order valence-corrected chi connectivity index (χ2v) is 12.9. The van der Waals surface area contributed by atoms with Gasteiger partial charge in [-0.2, -0.15) is 4.72 Å². The lowest BCUT2D eigenvalue weighted by Crippen LogP contribution is -2.56. The molecule has 3 aliphatic rings. The van der Waals surface area contributed by atoms with Gasteiger partial charge in [0.05, 0.1) is 11.4 Å². The molecule has 204 valence electrons. The van der Waals surface area contributed by atoms with Crippen LogP contribution in [0.2, 0.25) is 5.02 Å². The van der Waals surface area contributed by atoms with Gasteiger partial charge in [-0.15, -0.1) is 0 Å². The monoisotopic (exact) mass is 568 g/mol. The van der Waals surface area contributed by atoms with Crippen molar-refractivity contribution in [2.24, 2.45) is 5.92 Å². The van der Waals surface area contributed by atoms with Crippen molar-refractivity contribution in [1.82, 2.24) is 19.1 Å². The van der Waals surface area contributed by atoms with Crippen molar-refractivity contribution >= 4 is 44.2 Å². The summed E-state index contributed by atoms with van der Waals surface area (Å²) in [5.41, 5.74) is 0.944. The minimum absolute atomic E-state index is 0.0116. The molecule has 2 saturated heterocycles. The molecule has 0 aliphatic carbocycles. The van der Waals surface area contributed by atoms with E-state index in [0.717, 1.165) is 22.9 Å². The molecule has 4 heterocycles. The van der Waals surface area contributed by atoms with Crippen LogP contribution in [0.15, 0.2) is 64.3 Å². The second kappa shape index (κ2) is 10.1. The van der Waals surface area contributed by atoms with Crippen molar-refractivity contribution in [2.45, 2.75) is 42.7 Å². The van der Waals surface area contributed by atoms with E-state index in [2.05, 4.69) is 4.72 Å². The van der Waals surface area contributed by atoms with Crippen molar-refractivity contribution in [3.05, 3.63) is 75.7 Å². The highest BCUT2D eigenvalue weighted by Gasteiger charge is 2.38. The normalized spacial score (nSPS) is 23.1. The molecule has 2 aromatic carbocycles. The quantitative estimate of drug-likeness (QED) is 0.509. The summed E-state index contributed by atoms with van der Waals surface area (Å²) in [6.07, 6.45) is 1.89. The Labute approximate surface area is 231 Å². The Balaban J connectivity index is 1.13. The number of hydrogen-bond acceptors (Lipinski definition) is 5. The summed E-state index contributed by atoms with van der Waals surface area (Å²) in [6.45, 7) is 1.95. The van der Waals surface area contributed by atoms with Crippen molar-refractivity contribution in [3.63, 3.8) is 0 Å². The van der Waals surface area contributed by atoms with Crippen molar-refractivity contribution in [3.8, 4) is 0 Å². The third-order valence-corrected chi connectivity index (χ3v) is 9.78. The van der Waals surface area contributed by atoms with Gasteiger partial charge in [0.2, 0.25) is 21.8 Å². The lowest BCUT2D eigenvalue weighted by molar-refractivity contribution is -0.144. The predicted octanol–water partition coefficient (Wildman–Crippen LogP) is 2.57. The average molecular weight is 569 g/mol. The fraction of sp³-hybridized carbons (Fsp3) is 0.393. The zero-order chi connectivity index (χ0) is 27.3. The Morgan fingerprint density at radius 1 is 1.00 bits per heavy atom. The molecule has 2 bridgehead atoms. The SMILES string of the molecule is O=C(CN1CCC[C@H](NS(=O)(=O)c2ccc3cc(Cl)ccc3c2)C1=O)N1CC2C[C@@H](C1)Cn1c2cccc1=O. The zero-order valence-corrected chi connectivity index (χ0v) is 22.8. The first-order valence-corrected chi connectivity index (χ1v) is 15.0. The predicted molar refractivity (Wildman–Crippen MR) is 147 cm³/mol. The minimum Gasteiger partial charge on any atom is -0.340 e. The smallest absolute Gasteiger partial charge is 0.250 e. The average Bonchev–Trinajstić information content (AvgIpc) is 2.91. The number of aromatic nitrogens is 1. The molecule has 0 spiro atoms. The van der Waals surface area contributed by atoms with E-state index in [1.54, 1.807) is 47.4 Å². The maximum Gasteiger partial charge on any atom is 0.250 e. The topological polar surface area (TPSA) is 109 Å². The largest absolute Gasteiger partial charge is 0.340 e. The first-order chi connectivity index (χ1) is 18.7. The number of halogens is 1. The van der Waals surface area contributed by atoms with Crippen LogP contribution in [0.4, 0.5) is 0 Å². The number of rotatable bonds is 5. The van der Waals surface area contributed by atoms with Gasteiger partial charge in [0.25, 0.3) is 5.56 Å². The van der Waals surface area contributed by atoms with Gasteiger partial charge in [0.15, 0.2) is 0 Å². The van der Waals surface area contributed by atoms with E-state index >= 15 is 0 Å². The van der Waals surface area contributed by atoms with Gasteiger partial charge in [-0.1, -0.05) is 29.8 Å². The van der Waals surface area contributed by atoms with Crippen LogP contribution >= 0.6 is 11.6 Å². The molecule has 3 aliphatic heterocycles. The summed E-state index contributed by atoms with van der Waals surface area (Å²) in [5, 5.41) is 2.10. The van der Waals surface area contributed by atoms with Crippen LogP contribution in [0.5, 0.6) is 0 Å². The summed E-state index contributed by atoms with van der Waals surface area (Å²) in [4.78, 5) is 42.2. The molecule has 11 heteroatoms. The summed E-state index contributed by atoms with van der Waals surface area (Å²) in [7, 11) is -3.96. The third kappa shape index (κ3) is 5.08. The van der Waals surface area contributed by atoms with Crippen LogP contribution in [-0.4, -0.2) is 66.8 Å². The summed E-state index contributed by atoms with van der Waals surface area (Å²) < 4.78 is 30.7. The number of nitrogens with zero attached hydrogens (tertiary/aromatic N) is 3. The zero-order valence-electron chi connectivity index (χ0n) is 21.3. The van der Waals surface area contributed by atoms with E-state index in [-0.39, 0.29) is 40.6 Å². The molecule has 1 N–H and O–H groups in total. The highest BCUT2D eigenvalue weighted by molar-refractivity contribution is 7.89. The van der Waals surface area contributed by atoms with E-state index < -0.39 is 16.1 Å². The number of hydrogen-bond donors (Lipinski definition) is 1. The van der Waals surface area contributed by atoms with Crippen LogP contribution in [0.25, 0.3) is 10.8 Å². The Morgan fingerprint density at radius 3 is 2.64 bits per heavy atom. The van der Waals surface area contributed by atoms with Crippen molar-refractivity contribution in [2.75, 3.05) is 26.2 Å². The molecule has 3 atom stereocenters. The molecule has 2 fully saturated rings. The lowest BCUT2D eigenvalue weighted by Gasteiger charge is -2.43. The number of carbonyl (C=O) groups excluding carboxylic acids is 2. The van der Waals surface area contributed by atoms with E-state index in [0.29, 0.717) is 44.0 Å². The van der Waals surface area contributed by atoms with Gasteiger partial charge in [0.1, 0.15) is 6.04 Å². The van der Waals surface area contributed by atoms with Gasteiger partial charge in [-0.05, 0) is 66.3 Å². The molecule has 0 saturated carbocycles. The third-order valence-electron chi connectivity index (χ3n) is 8.07. The van der Waals surface area contributed by atoms with E-state index in [9.17, 15) is 22.8 Å². The number of amides is 2. The number of pyridine rings is 1. The molecule has 1 aromatic heterocycles. The van der Waals surface area contributed by atoms with Crippen LogP contribution in [0.1, 0.15) is 30.9 Å². The standard InChI is InChI=1S/C28H29ClN4O5S/c29-22-8-6-20-13-23(9-7-19(20)12-22)39(37,38)30-24-3-2-10-31(28(24)36)17-27(35)32-14-18-11-21(16-32)25-4-1-5-26(34)33(25)15-18/h1,4-9,12-13,18,21,24,30H,2-3,10-11,14-17H2/t18-,21?,24-/m0/s1. The van der Waals surface area contributed by atoms with Gasteiger partial charge in [-0.25, -0.2) is 8.42 Å². The number of piperidine rings is 2. The fourth-order valence-corrected chi connectivity index (χ4v) is 7.63. The molecule has 2 amide bonds. The highest BCUT2D eigenvalue weighted by Crippen LogP contribution is 2.35. The summed E-state index contributed by atoms with van der Waals surface area (Å²) in [6, 6.07) is 14.3. The Bertz CT molecular complexity index is 1640. The van der Waals surface area contributed by atoms with Crippen LogP contribution < -0.4 is 10.3 Å². The van der Waals surface area contributed by atoms with Gasteiger partial charge < -0.3 is 14.4 Å². The second-order valence-electron chi connectivity index (χ2n) is 10.7. The Morgan fingerprint density at radius 2 is 1.79 bits per heavy atom. The molecule has 39 heavy (non-hydrogen) atoms. The Kier molecular flexibility index (Phi) is 6.73. The number of nitrogens with one attached hydrogen (secondary N) is 1. The highest BCUT2D eigenvalue weighted by atomic mass is 35.5. The van der Waals surface area contributed by atoms with E-state index in [4.69, 9.17) is 11.6 Å². The maximum atomic E-state index is 13.3. The van der Waals surface area contributed by atoms with E-state index in [1.807, 2.05) is 10.6 Å². The molecule has 6 rings (SSSR count). The minimum atomic E-state index is -3.96. The first-order valence-electron chi connectivity index (χ1n) is 13.2. The van der Waals surface area contributed by atoms with Gasteiger partial charge in [0, 0.05) is 48.9 Å². The summed E-state index contributed by atoms with van der Waals surface area (Å²) >= 11 is 6.03. The summed E-state index contributed by atoms with van der Waals surface area (Å²) in [5.74, 6) is -0.263. The molecule has 3 aromatic rings.